The maximum absolute atomic E-state index is 12.1. The van der Waals surface area contributed by atoms with Crippen LogP contribution in [0.25, 0.3) is 0 Å². The summed E-state index contributed by atoms with van der Waals surface area (Å²) in [5, 5.41) is -0.144. The van der Waals surface area contributed by atoms with Gasteiger partial charge in [0.05, 0.1) is 5.56 Å². The molecule has 0 spiro atoms. The lowest BCUT2D eigenvalue weighted by molar-refractivity contribution is -0.137. The van der Waals surface area contributed by atoms with Gasteiger partial charge < -0.3 is 0 Å². The number of hydrogen-bond donors (Lipinski definition) is 0. The van der Waals surface area contributed by atoms with Crippen molar-refractivity contribution in [3.8, 4) is 0 Å². The van der Waals surface area contributed by atoms with Crippen molar-refractivity contribution in [1.82, 2.24) is 4.98 Å². The minimum Gasteiger partial charge on any atom is -0.230 e. The summed E-state index contributed by atoms with van der Waals surface area (Å²) in [6.07, 6.45) is -4.35. The molecule has 0 aliphatic carbocycles. The molecular formula is C6H2ClF3IN. The van der Waals surface area contributed by atoms with Crippen molar-refractivity contribution >= 4 is 34.2 Å². The van der Waals surface area contributed by atoms with Crippen LogP contribution in [-0.2, 0) is 6.18 Å². The minimum absolute atomic E-state index is 0.144. The van der Waals surface area contributed by atoms with Crippen molar-refractivity contribution in [2.75, 3.05) is 0 Å². The van der Waals surface area contributed by atoms with Crippen LogP contribution in [-0.4, -0.2) is 4.98 Å². The molecule has 0 unspecified atom stereocenters. The summed E-state index contributed by atoms with van der Waals surface area (Å²) in [6, 6.07) is 1.73. The van der Waals surface area contributed by atoms with Gasteiger partial charge in [-0.1, -0.05) is 11.6 Å². The number of hydrogen-bond acceptors (Lipinski definition) is 1. The molecule has 0 fully saturated rings. The van der Waals surface area contributed by atoms with Gasteiger partial charge in [0, 0.05) is 0 Å². The number of nitrogens with zero attached hydrogens (tertiary/aromatic N) is 1. The van der Waals surface area contributed by atoms with Crippen LogP contribution in [0.15, 0.2) is 12.1 Å². The molecule has 0 saturated heterocycles. The molecule has 0 aromatic carbocycles. The highest BCUT2D eigenvalue weighted by molar-refractivity contribution is 14.1. The highest BCUT2D eigenvalue weighted by atomic mass is 127. The van der Waals surface area contributed by atoms with Gasteiger partial charge in [-0.05, 0) is 34.7 Å². The smallest absolute Gasteiger partial charge is 0.230 e. The van der Waals surface area contributed by atoms with Gasteiger partial charge in [-0.3, -0.25) is 0 Å². The Bertz CT molecular complexity index is 279. The predicted octanol–water partition coefficient (Wildman–Crippen LogP) is 3.36. The zero-order valence-electron chi connectivity index (χ0n) is 5.49. The molecule has 1 rings (SSSR count). The molecule has 1 nitrogen and oxygen atoms in total. The van der Waals surface area contributed by atoms with Gasteiger partial charge >= 0.3 is 6.18 Å². The lowest BCUT2D eigenvalue weighted by Crippen LogP contribution is -2.05. The van der Waals surface area contributed by atoms with Gasteiger partial charge in [0.25, 0.3) is 0 Å². The molecule has 0 aliphatic heterocycles. The number of aromatic nitrogens is 1. The lowest BCUT2D eigenvalue weighted by Gasteiger charge is -2.06. The molecule has 0 amide bonds. The first-order valence-electron chi connectivity index (χ1n) is 2.80. The highest BCUT2D eigenvalue weighted by Gasteiger charge is 2.31. The topological polar surface area (TPSA) is 12.9 Å². The summed E-state index contributed by atoms with van der Waals surface area (Å²) in [6.45, 7) is 0. The maximum Gasteiger partial charge on any atom is 0.416 e. The summed E-state index contributed by atoms with van der Waals surface area (Å²) < 4.78 is 36.4. The van der Waals surface area contributed by atoms with E-state index in [4.69, 9.17) is 11.6 Å². The van der Waals surface area contributed by atoms with Crippen molar-refractivity contribution in [2.24, 2.45) is 0 Å². The Hall–Kier alpha value is -0.0400. The number of halogens is 5. The van der Waals surface area contributed by atoms with E-state index in [2.05, 4.69) is 4.98 Å². The fourth-order valence-electron chi connectivity index (χ4n) is 0.629. The van der Waals surface area contributed by atoms with Crippen LogP contribution in [0.5, 0.6) is 0 Å². The van der Waals surface area contributed by atoms with Crippen LogP contribution < -0.4 is 0 Å². The van der Waals surface area contributed by atoms with Crippen LogP contribution in [0.4, 0.5) is 13.2 Å². The van der Waals surface area contributed by atoms with E-state index in [1.165, 1.54) is 0 Å². The third-order valence-electron chi connectivity index (χ3n) is 1.09. The second-order valence-corrected chi connectivity index (χ2v) is 3.49. The molecule has 0 bridgehead atoms. The van der Waals surface area contributed by atoms with Gasteiger partial charge in [0.15, 0.2) is 0 Å². The fourth-order valence-corrected chi connectivity index (χ4v) is 1.58. The van der Waals surface area contributed by atoms with Gasteiger partial charge in [0.1, 0.15) is 8.85 Å². The second kappa shape index (κ2) is 3.37. The van der Waals surface area contributed by atoms with E-state index in [0.29, 0.717) is 0 Å². The van der Waals surface area contributed by atoms with Crippen molar-refractivity contribution in [1.29, 1.82) is 0 Å². The monoisotopic (exact) mass is 307 g/mol. The first-order valence-corrected chi connectivity index (χ1v) is 4.25. The molecule has 1 heterocycles. The second-order valence-electron chi connectivity index (χ2n) is 2.00. The number of rotatable bonds is 0. The van der Waals surface area contributed by atoms with E-state index in [1.807, 2.05) is 0 Å². The molecular weight excluding hydrogens is 305 g/mol. The Labute approximate surface area is 85.1 Å². The molecule has 1 aromatic rings. The molecule has 0 saturated carbocycles. The van der Waals surface area contributed by atoms with E-state index >= 15 is 0 Å². The van der Waals surface area contributed by atoms with Crippen molar-refractivity contribution in [2.45, 2.75) is 6.18 Å². The zero-order chi connectivity index (χ0) is 9.35. The molecule has 0 atom stereocenters. The predicted molar refractivity (Wildman–Crippen MR) is 47.0 cm³/mol. The Kier molecular flexibility index (Phi) is 2.82. The zero-order valence-corrected chi connectivity index (χ0v) is 8.41. The standard InChI is InChI=1S/C6H2ClF3IN/c7-4-1-3(6(8,9)10)2-5(11)12-4/h1-2H. The third-order valence-corrected chi connectivity index (χ3v) is 1.84. The van der Waals surface area contributed by atoms with Gasteiger partial charge in [-0.2, -0.15) is 13.2 Å². The number of alkyl halides is 3. The van der Waals surface area contributed by atoms with E-state index in [-0.39, 0.29) is 8.85 Å². The van der Waals surface area contributed by atoms with Crippen LogP contribution in [0.1, 0.15) is 5.56 Å². The van der Waals surface area contributed by atoms with Gasteiger partial charge in [-0.15, -0.1) is 0 Å². The number of pyridine rings is 1. The SMILES string of the molecule is FC(F)(F)c1cc(Cl)nc(I)c1. The first-order chi connectivity index (χ1) is 5.39. The Morgan fingerprint density at radius 2 is 1.92 bits per heavy atom. The van der Waals surface area contributed by atoms with Crippen LogP contribution in [0.3, 0.4) is 0 Å². The summed E-state index contributed by atoms with van der Waals surface area (Å²) in [5.74, 6) is 0. The highest BCUT2D eigenvalue weighted by Crippen LogP contribution is 2.30. The summed E-state index contributed by atoms with van der Waals surface area (Å²) >= 11 is 7.02. The van der Waals surface area contributed by atoms with Crippen molar-refractivity contribution in [3.63, 3.8) is 0 Å². The van der Waals surface area contributed by atoms with E-state index in [9.17, 15) is 13.2 Å². The summed E-state index contributed by atoms with van der Waals surface area (Å²) in [5.41, 5.74) is -0.771. The Balaban J connectivity index is 3.18. The van der Waals surface area contributed by atoms with E-state index in [1.54, 1.807) is 22.6 Å². The summed E-state index contributed by atoms with van der Waals surface area (Å²) in [7, 11) is 0. The van der Waals surface area contributed by atoms with Crippen LogP contribution >= 0.6 is 34.2 Å². The fraction of sp³-hybridized carbons (Fsp3) is 0.167. The minimum atomic E-state index is -4.35. The first kappa shape index (κ1) is 10.0. The maximum atomic E-state index is 12.1. The van der Waals surface area contributed by atoms with Crippen molar-refractivity contribution < 1.29 is 13.2 Å². The molecule has 0 aliphatic rings. The Morgan fingerprint density at radius 3 is 2.33 bits per heavy atom. The molecule has 12 heavy (non-hydrogen) atoms. The van der Waals surface area contributed by atoms with Crippen LogP contribution in [0.2, 0.25) is 5.15 Å². The average Bonchev–Trinajstić information content (AvgIpc) is 1.82. The van der Waals surface area contributed by atoms with Gasteiger partial charge in [0.2, 0.25) is 0 Å². The summed E-state index contributed by atoms with van der Waals surface area (Å²) in [4.78, 5) is 3.60. The molecule has 0 radical (unpaired) electrons. The molecule has 0 N–H and O–H groups in total. The third kappa shape index (κ3) is 2.48. The van der Waals surface area contributed by atoms with E-state index < -0.39 is 11.7 Å². The van der Waals surface area contributed by atoms with Gasteiger partial charge in [-0.25, -0.2) is 4.98 Å². The largest absolute Gasteiger partial charge is 0.416 e. The molecule has 1 aromatic heterocycles. The quantitative estimate of drug-likeness (QED) is 0.529. The van der Waals surface area contributed by atoms with E-state index in [0.717, 1.165) is 12.1 Å². The molecule has 66 valence electrons. The van der Waals surface area contributed by atoms with Crippen LogP contribution in [0, 0.1) is 3.70 Å². The molecule has 6 heteroatoms. The average molecular weight is 307 g/mol. The normalized spacial score (nSPS) is 11.8. The van der Waals surface area contributed by atoms with Crippen molar-refractivity contribution in [3.05, 3.63) is 26.5 Å². The lowest BCUT2D eigenvalue weighted by atomic mass is 10.3. The Morgan fingerprint density at radius 1 is 1.33 bits per heavy atom.